The van der Waals surface area contributed by atoms with E-state index in [9.17, 15) is 4.79 Å². The van der Waals surface area contributed by atoms with Gasteiger partial charge >= 0.3 is 5.97 Å². The molecule has 1 saturated heterocycles. The van der Waals surface area contributed by atoms with Crippen LogP contribution in [0.2, 0.25) is 0 Å². The van der Waals surface area contributed by atoms with Crippen molar-refractivity contribution in [3.63, 3.8) is 0 Å². The van der Waals surface area contributed by atoms with Gasteiger partial charge in [0.1, 0.15) is 0 Å². The topological polar surface area (TPSA) is 46.5 Å². The van der Waals surface area contributed by atoms with E-state index in [-0.39, 0.29) is 5.92 Å². The standard InChI is InChI=1S/C9H14O3/c10-9(11)7-1-2-8-6(5-7)3-4-12-8/h6-8H,1-5H2,(H,10,11). The van der Waals surface area contributed by atoms with Crippen LogP contribution in [0, 0.1) is 11.8 Å². The molecule has 2 rings (SSSR count). The molecule has 0 bridgehead atoms. The highest BCUT2D eigenvalue weighted by Crippen LogP contribution is 2.37. The molecule has 1 saturated carbocycles. The van der Waals surface area contributed by atoms with Crippen LogP contribution in [0.5, 0.6) is 0 Å². The highest BCUT2D eigenvalue weighted by Gasteiger charge is 2.37. The maximum atomic E-state index is 10.7. The number of aliphatic carboxylic acids is 1. The van der Waals surface area contributed by atoms with Gasteiger partial charge in [-0.05, 0) is 31.6 Å². The summed E-state index contributed by atoms with van der Waals surface area (Å²) in [6.45, 7) is 0.835. The molecule has 3 atom stereocenters. The van der Waals surface area contributed by atoms with Crippen LogP contribution in [0.1, 0.15) is 25.7 Å². The van der Waals surface area contributed by atoms with Gasteiger partial charge in [0.15, 0.2) is 0 Å². The Morgan fingerprint density at radius 2 is 2.17 bits per heavy atom. The summed E-state index contributed by atoms with van der Waals surface area (Å²) < 4.78 is 5.49. The predicted octanol–water partition coefficient (Wildman–Crippen LogP) is 1.28. The number of rotatable bonds is 1. The minimum Gasteiger partial charge on any atom is -0.481 e. The highest BCUT2D eigenvalue weighted by atomic mass is 16.5. The van der Waals surface area contributed by atoms with Gasteiger partial charge in [0, 0.05) is 6.61 Å². The fourth-order valence-electron chi connectivity index (χ4n) is 2.35. The summed E-state index contributed by atoms with van der Waals surface area (Å²) in [6, 6.07) is 0. The zero-order valence-corrected chi connectivity index (χ0v) is 7.03. The van der Waals surface area contributed by atoms with E-state index in [1.165, 1.54) is 0 Å². The Morgan fingerprint density at radius 3 is 2.92 bits per heavy atom. The van der Waals surface area contributed by atoms with E-state index < -0.39 is 5.97 Å². The third-order valence-electron chi connectivity index (χ3n) is 3.08. The number of carboxylic acids is 1. The van der Waals surface area contributed by atoms with E-state index in [0.29, 0.717) is 12.0 Å². The van der Waals surface area contributed by atoms with Crippen molar-refractivity contribution >= 4 is 5.97 Å². The van der Waals surface area contributed by atoms with E-state index in [1.54, 1.807) is 0 Å². The summed E-state index contributed by atoms with van der Waals surface area (Å²) in [7, 11) is 0. The first-order chi connectivity index (χ1) is 5.77. The molecule has 0 radical (unpaired) electrons. The molecule has 0 aromatic rings. The molecule has 0 amide bonds. The average molecular weight is 170 g/mol. The first-order valence-electron chi connectivity index (χ1n) is 4.62. The smallest absolute Gasteiger partial charge is 0.306 e. The predicted molar refractivity (Wildman–Crippen MR) is 42.8 cm³/mol. The van der Waals surface area contributed by atoms with Crippen LogP contribution in [0.4, 0.5) is 0 Å². The fourth-order valence-corrected chi connectivity index (χ4v) is 2.35. The fraction of sp³-hybridized carbons (Fsp3) is 0.889. The lowest BCUT2D eigenvalue weighted by molar-refractivity contribution is -0.144. The second kappa shape index (κ2) is 3.05. The largest absolute Gasteiger partial charge is 0.481 e. The molecule has 2 aliphatic rings. The number of carbonyl (C=O) groups is 1. The highest BCUT2D eigenvalue weighted by molar-refractivity contribution is 5.70. The Hall–Kier alpha value is -0.570. The van der Waals surface area contributed by atoms with Gasteiger partial charge in [-0.1, -0.05) is 0 Å². The van der Waals surface area contributed by atoms with E-state index in [0.717, 1.165) is 32.3 Å². The molecule has 12 heavy (non-hydrogen) atoms. The van der Waals surface area contributed by atoms with E-state index in [1.807, 2.05) is 0 Å². The van der Waals surface area contributed by atoms with Crippen LogP contribution in [-0.2, 0) is 9.53 Å². The van der Waals surface area contributed by atoms with Crippen molar-refractivity contribution in [3.8, 4) is 0 Å². The molecule has 2 fully saturated rings. The zero-order chi connectivity index (χ0) is 8.55. The summed E-state index contributed by atoms with van der Waals surface area (Å²) in [5.41, 5.74) is 0. The van der Waals surface area contributed by atoms with Gasteiger partial charge in [0.05, 0.1) is 12.0 Å². The molecule has 1 aliphatic heterocycles. The Morgan fingerprint density at radius 1 is 1.33 bits per heavy atom. The molecule has 1 aliphatic carbocycles. The van der Waals surface area contributed by atoms with Crippen LogP contribution < -0.4 is 0 Å². The zero-order valence-electron chi connectivity index (χ0n) is 7.03. The van der Waals surface area contributed by atoms with Crippen LogP contribution in [0.15, 0.2) is 0 Å². The van der Waals surface area contributed by atoms with Gasteiger partial charge in [-0.15, -0.1) is 0 Å². The molecule has 1 heterocycles. The van der Waals surface area contributed by atoms with Gasteiger partial charge < -0.3 is 9.84 Å². The molecule has 68 valence electrons. The van der Waals surface area contributed by atoms with E-state index >= 15 is 0 Å². The normalized spacial score (nSPS) is 40.8. The average Bonchev–Trinajstić information content (AvgIpc) is 2.49. The molecule has 0 spiro atoms. The lowest BCUT2D eigenvalue weighted by Gasteiger charge is -2.28. The van der Waals surface area contributed by atoms with Crippen molar-refractivity contribution in [1.82, 2.24) is 0 Å². The van der Waals surface area contributed by atoms with Gasteiger partial charge in [-0.3, -0.25) is 4.79 Å². The SMILES string of the molecule is O=C(O)C1CCC2OCCC2C1. The summed E-state index contributed by atoms with van der Waals surface area (Å²) in [4.78, 5) is 10.7. The Balaban J connectivity index is 1.96. The molecule has 1 N–H and O–H groups in total. The summed E-state index contributed by atoms with van der Waals surface area (Å²) in [5.74, 6) is -0.201. The van der Waals surface area contributed by atoms with Crippen LogP contribution in [0.3, 0.4) is 0 Å². The third-order valence-corrected chi connectivity index (χ3v) is 3.08. The Kier molecular flexibility index (Phi) is 2.05. The van der Waals surface area contributed by atoms with Gasteiger partial charge in [0.2, 0.25) is 0 Å². The molecule has 3 heteroatoms. The molecule has 0 aromatic carbocycles. The van der Waals surface area contributed by atoms with Gasteiger partial charge in [0.25, 0.3) is 0 Å². The number of fused-ring (bicyclic) bond motifs is 1. The van der Waals surface area contributed by atoms with Crippen molar-refractivity contribution in [3.05, 3.63) is 0 Å². The Bertz CT molecular complexity index is 190. The quantitative estimate of drug-likeness (QED) is 0.644. The monoisotopic (exact) mass is 170 g/mol. The number of hydrogen-bond acceptors (Lipinski definition) is 2. The minimum atomic E-state index is -0.625. The van der Waals surface area contributed by atoms with Crippen molar-refractivity contribution in [2.45, 2.75) is 31.8 Å². The minimum absolute atomic E-state index is 0.104. The van der Waals surface area contributed by atoms with Crippen molar-refractivity contribution in [2.75, 3.05) is 6.61 Å². The Labute approximate surface area is 71.7 Å². The second-order valence-electron chi connectivity index (χ2n) is 3.81. The van der Waals surface area contributed by atoms with Crippen LogP contribution in [-0.4, -0.2) is 23.8 Å². The van der Waals surface area contributed by atoms with Crippen molar-refractivity contribution in [2.24, 2.45) is 11.8 Å². The molecule has 3 nitrogen and oxygen atoms in total. The number of carboxylic acid groups (broad SMARTS) is 1. The van der Waals surface area contributed by atoms with Crippen molar-refractivity contribution in [1.29, 1.82) is 0 Å². The molecular weight excluding hydrogens is 156 g/mol. The molecule has 3 unspecified atom stereocenters. The summed E-state index contributed by atoms with van der Waals surface area (Å²) in [5, 5.41) is 8.82. The first kappa shape index (κ1) is 8.05. The molecular formula is C9H14O3. The van der Waals surface area contributed by atoms with E-state index in [2.05, 4.69) is 0 Å². The summed E-state index contributed by atoms with van der Waals surface area (Å²) >= 11 is 0. The molecule has 0 aromatic heterocycles. The van der Waals surface area contributed by atoms with Crippen LogP contribution >= 0.6 is 0 Å². The van der Waals surface area contributed by atoms with Crippen LogP contribution in [0.25, 0.3) is 0 Å². The summed E-state index contributed by atoms with van der Waals surface area (Å²) in [6.07, 6.45) is 4.02. The lowest BCUT2D eigenvalue weighted by atomic mass is 9.79. The van der Waals surface area contributed by atoms with E-state index in [4.69, 9.17) is 9.84 Å². The maximum absolute atomic E-state index is 10.7. The van der Waals surface area contributed by atoms with Crippen molar-refractivity contribution < 1.29 is 14.6 Å². The number of hydrogen-bond donors (Lipinski definition) is 1. The number of ether oxygens (including phenoxy) is 1. The van der Waals surface area contributed by atoms with Gasteiger partial charge in [-0.25, -0.2) is 0 Å². The first-order valence-corrected chi connectivity index (χ1v) is 4.62. The third kappa shape index (κ3) is 1.33. The second-order valence-corrected chi connectivity index (χ2v) is 3.81. The lowest BCUT2D eigenvalue weighted by Crippen LogP contribution is -2.29. The maximum Gasteiger partial charge on any atom is 0.306 e. The van der Waals surface area contributed by atoms with Gasteiger partial charge in [-0.2, -0.15) is 0 Å².